The first-order valence-corrected chi connectivity index (χ1v) is 7.37. The molecule has 0 N–H and O–H groups in total. The first-order valence-electron chi connectivity index (χ1n) is 7.37. The molecule has 0 nitrogen and oxygen atoms in total. The maximum Gasteiger partial charge on any atom is -0.0178 e. The van der Waals surface area contributed by atoms with Crippen LogP contribution in [0.3, 0.4) is 0 Å². The van der Waals surface area contributed by atoms with Gasteiger partial charge in [-0.1, -0.05) is 77.4 Å². The van der Waals surface area contributed by atoms with E-state index in [0.29, 0.717) is 0 Å². The number of aryl methyl sites for hydroxylation is 3. The Hall–Kier alpha value is -2.34. The number of hydrogen-bond acceptors (Lipinski definition) is 0. The Labute approximate surface area is 127 Å². The van der Waals surface area contributed by atoms with Gasteiger partial charge < -0.3 is 0 Å². The van der Waals surface area contributed by atoms with Crippen molar-refractivity contribution in [1.82, 2.24) is 0 Å². The summed E-state index contributed by atoms with van der Waals surface area (Å²) in [6.45, 7) is 6.43. The molecule has 0 saturated heterocycles. The summed E-state index contributed by atoms with van der Waals surface area (Å²) < 4.78 is 0. The summed E-state index contributed by atoms with van der Waals surface area (Å²) in [6.07, 6.45) is 0. The van der Waals surface area contributed by atoms with Crippen molar-refractivity contribution in [2.24, 2.45) is 0 Å². The Kier molecular flexibility index (Phi) is 3.62. The van der Waals surface area contributed by atoms with Crippen molar-refractivity contribution >= 4 is 0 Å². The Morgan fingerprint density at radius 3 is 1.62 bits per heavy atom. The lowest BCUT2D eigenvalue weighted by Gasteiger charge is -2.08. The fourth-order valence-corrected chi connectivity index (χ4v) is 2.77. The van der Waals surface area contributed by atoms with Crippen LogP contribution in [0.15, 0.2) is 66.7 Å². The van der Waals surface area contributed by atoms with Crippen LogP contribution in [0.25, 0.3) is 22.3 Å². The number of hydrogen-bond donors (Lipinski definition) is 0. The van der Waals surface area contributed by atoms with E-state index < -0.39 is 0 Å². The second-order valence-corrected chi connectivity index (χ2v) is 5.82. The van der Waals surface area contributed by atoms with Crippen molar-refractivity contribution in [2.45, 2.75) is 20.8 Å². The molecule has 3 rings (SSSR count). The molecular weight excluding hydrogens is 252 g/mol. The molecule has 0 heterocycles. The fraction of sp³-hybridized carbons (Fsp3) is 0.143. The molecule has 0 aliphatic heterocycles. The molecular formula is C21H20. The molecule has 0 fully saturated rings. The predicted octanol–water partition coefficient (Wildman–Crippen LogP) is 5.95. The van der Waals surface area contributed by atoms with Gasteiger partial charge in [0.1, 0.15) is 0 Å². The van der Waals surface area contributed by atoms with E-state index in [2.05, 4.69) is 87.5 Å². The highest BCUT2D eigenvalue weighted by Gasteiger charge is 2.03. The zero-order chi connectivity index (χ0) is 14.8. The minimum atomic E-state index is 1.27. The second kappa shape index (κ2) is 5.57. The van der Waals surface area contributed by atoms with Gasteiger partial charge in [-0.25, -0.2) is 0 Å². The molecule has 104 valence electrons. The molecule has 0 radical (unpaired) electrons. The van der Waals surface area contributed by atoms with Gasteiger partial charge in [-0.15, -0.1) is 0 Å². The molecule has 0 atom stereocenters. The fourth-order valence-electron chi connectivity index (χ4n) is 2.77. The van der Waals surface area contributed by atoms with Crippen molar-refractivity contribution in [3.05, 3.63) is 83.4 Å². The Morgan fingerprint density at radius 2 is 1.00 bits per heavy atom. The Bertz CT molecular complexity index is 744. The lowest BCUT2D eigenvalue weighted by Crippen LogP contribution is -1.84. The van der Waals surface area contributed by atoms with Crippen molar-refractivity contribution in [1.29, 1.82) is 0 Å². The van der Waals surface area contributed by atoms with Crippen molar-refractivity contribution < 1.29 is 0 Å². The van der Waals surface area contributed by atoms with E-state index in [1.807, 2.05) is 0 Å². The molecule has 0 bridgehead atoms. The van der Waals surface area contributed by atoms with Crippen LogP contribution < -0.4 is 0 Å². The molecule has 0 saturated carbocycles. The summed E-state index contributed by atoms with van der Waals surface area (Å²) >= 11 is 0. The molecule has 0 aliphatic rings. The van der Waals surface area contributed by atoms with Crippen LogP contribution in [0.4, 0.5) is 0 Å². The van der Waals surface area contributed by atoms with Crippen LogP contribution >= 0.6 is 0 Å². The van der Waals surface area contributed by atoms with Crippen molar-refractivity contribution in [2.75, 3.05) is 0 Å². The van der Waals surface area contributed by atoms with Gasteiger partial charge in [-0.05, 0) is 49.1 Å². The average Bonchev–Trinajstić information content (AvgIpc) is 2.47. The summed E-state index contributed by atoms with van der Waals surface area (Å²) in [5.41, 5.74) is 9.03. The molecule has 0 amide bonds. The van der Waals surface area contributed by atoms with Gasteiger partial charge in [0, 0.05) is 0 Å². The maximum absolute atomic E-state index is 2.28. The highest BCUT2D eigenvalue weighted by molar-refractivity contribution is 5.73. The monoisotopic (exact) mass is 272 g/mol. The van der Waals surface area contributed by atoms with Crippen LogP contribution in [0, 0.1) is 20.8 Å². The summed E-state index contributed by atoms with van der Waals surface area (Å²) in [5, 5.41) is 0. The highest BCUT2D eigenvalue weighted by atomic mass is 14.1. The van der Waals surface area contributed by atoms with Gasteiger partial charge >= 0.3 is 0 Å². The van der Waals surface area contributed by atoms with E-state index in [1.54, 1.807) is 0 Å². The van der Waals surface area contributed by atoms with Crippen LogP contribution in [-0.4, -0.2) is 0 Å². The summed E-state index contributed by atoms with van der Waals surface area (Å²) in [6, 6.07) is 24.2. The molecule has 3 aromatic rings. The summed E-state index contributed by atoms with van der Waals surface area (Å²) in [7, 11) is 0. The number of rotatable bonds is 2. The summed E-state index contributed by atoms with van der Waals surface area (Å²) in [5.74, 6) is 0. The van der Waals surface area contributed by atoms with Gasteiger partial charge in [-0.2, -0.15) is 0 Å². The maximum atomic E-state index is 2.28. The normalized spacial score (nSPS) is 10.6. The first-order chi connectivity index (χ1) is 10.1. The lowest BCUT2D eigenvalue weighted by atomic mass is 9.96. The van der Waals surface area contributed by atoms with E-state index in [-0.39, 0.29) is 0 Å². The van der Waals surface area contributed by atoms with Gasteiger partial charge in [0.25, 0.3) is 0 Å². The van der Waals surface area contributed by atoms with E-state index in [0.717, 1.165) is 0 Å². The predicted molar refractivity (Wildman–Crippen MR) is 91.5 cm³/mol. The Morgan fingerprint density at radius 1 is 0.429 bits per heavy atom. The van der Waals surface area contributed by atoms with Gasteiger partial charge in [0.15, 0.2) is 0 Å². The molecule has 0 aromatic heterocycles. The van der Waals surface area contributed by atoms with Crippen molar-refractivity contribution in [3.8, 4) is 22.3 Å². The highest BCUT2D eigenvalue weighted by Crippen LogP contribution is 2.27. The third-order valence-corrected chi connectivity index (χ3v) is 3.80. The molecule has 3 aromatic carbocycles. The van der Waals surface area contributed by atoms with Crippen LogP contribution in [0.2, 0.25) is 0 Å². The third-order valence-electron chi connectivity index (χ3n) is 3.80. The third kappa shape index (κ3) is 3.05. The van der Waals surface area contributed by atoms with Gasteiger partial charge in [0.05, 0.1) is 0 Å². The molecule has 0 heteroatoms. The smallest absolute Gasteiger partial charge is 0.0178 e. The molecule has 21 heavy (non-hydrogen) atoms. The minimum absolute atomic E-state index is 1.27. The van der Waals surface area contributed by atoms with Crippen LogP contribution in [0.5, 0.6) is 0 Å². The van der Waals surface area contributed by atoms with E-state index in [1.165, 1.54) is 38.9 Å². The second-order valence-electron chi connectivity index (χ2n) is 5.82. The SMILES string of the molecule is Cc1ccc(-c2cccc(-c3cc(C)cc(C)c3)c2)cc1. The largest absolute Gasteiger partial charge is 0.0610 e. The van der Waals surface area contributed by atoms with Crippen LogP contribution in [0.1, 0.15) is 16.7 Å². The minimum Gasteiger partial charge on any atom is -0.0610 e. The Balaban J connectivity index is 2.05. The topological polar surface area (TPSA) is 0 Å². The summed E-state index contributed by atoms with van der Waals surface area (Å²) in [4.78, 5) is 0. The van der Waals surface area contributed by atoms with E-state index >= 15 is 0 Å². The quantitative estimate of drug-likeness (QED) is 0.541. The molecule has 0 unspecified atom stereocenters. The standard InChI is InChI=1S/C21H20/c1-15-7-9-18(10-8-15)19-5-4-6-20(14-19)21-12-16(2)11-17(3)13-21/h4-14H,1-3H3. The van der Waals surface area contributed by atoms with Gasteiger partial charge in [0.2, 0.25) is 0 Å². The molecule has 0 spiro atoms. The lowest BCUT2D eigenvalue weighted by molar-refractivity contribution is 1.38. The zero-order valence-corrected chi connectivity index (χ0v) is 12.9. The van der Waals surface area contributed by atoms with E-state index in [9.17, 15) is 0 Å². The molecule has 0 aliphatic carbocycles. The average molecular weight is 272 g/mol. The van der Waals surface area contributed by atoms with Gasteiger partial charge in [-0.3, -0.25) is 0 Å². The zero-order valence-electron chi connectivity index (χ0n) is 12.9. The van der Waals surface area contributed by atoms with E-state index in [4.69, 9.17) is 0 Å². The van der Waals surface area contributed by atoms with Crippen LogP contribution in [-0.2, 0) is 0 Å². The first kappa shape index (κ1) is 13.6. The van der Waals surface area contributed by atoms with Crippen molar-refractivity contribution in [3.63, 3.8) is 0 Å². The number of benzene rings is 3.